The summed E-state index contributed by atoms with van der Waals surface area (Å²) in [6.07, 6.45) is 1.33. The van der Waals surface area contributed by atoms with Crippen LogP contribution in [-0.2, 0) is 4.74 Å². The summed E-state index contributed by atoms with van der Waals surface area (Å²) in [7, 11) is 1.32. The number of esters is 1. The smallest absolute Gasteiger partial charge is 0.337 e. The lowest BCUT2D eigenvalue weighted by Crippen LogP contribution is -2.02. The van der Waals surface area contributed by atoms with Crippen LogP contribution in [0.25, 0.3) is 0 Å². The molecular weight excluding hydrogens is 342 g/mol. The molecule has 0 bridgehead atoms. The van der Waals surface area contributed by atoms with Crippen LogP contribution >= 0.6 is 0 Å². The quantitative estimate of drug-likeness (QED) is 0.672. The number of hydrogen-bond acceptors (Lipinski definition) is 6. The Kier molecular flexibility index (Phi) is 5.02. The van der Waals surface area contributed by atoms with Gasteiger partial charge in [-0.25, -0.2) is 23.5 Å². The summed E-state index contributed by atoms with van der Waals surface area (Å²) in [5, 5.41) is 5.93. The number of carbonyl (C=O) groups excluding carboxylic acids is 1. The van der Waals surface area contributed by atoms with Crippen LogP contribution in [0.1, 0.15) is 10.4 Å². The van der Waals surface area contributed by atoms with Gasteiger partial charge in [0.25, 0.3) is 0 Å². The van der Waals surface area contributed by atoms with E-state index >= 15 is 0 Å². The number of anilines is 4. The van der Waals surface area contributed by atoms with Crippen molar-refractivity contribution >= 4 is 29.0 Å². The molecule has 1 heterocycles. The van der Waals surface area contributed by atoms with E-state index in [1.165, 1.54) is 19.5 Å². The van der Waals surface area contributed by atoms with Crippen molar-refractivity contribution in [2.45, 2.75) is 0 Å². The number of rotatable bonds is 5. The monoisotopic (exact) mass is 356 g/mol. The van der Waals surface area contributed by atoms with Crippen LogP contribution in [0.3, 0.4) is 0 Å². The predicted molar refractivity (Wildman–Crippen MR) is 92.7 cm³/mol. The van der Waals surface area contributed by atoms with Crippen molar-refractivity contribution in [3.63, 3.8) is 0 Å². The molecule has 0 spiro atoms. The van der Waals surface area contributed by atoms with Crippen molar-refractivity contribution in [2.24, 2.45) is 0 Å². The molecule has 8 heteroatoms. The Hall–Kier alpha value is -3.55. The minimum absolute atomic E-state index is 0.357. The summed E-state index contributed by atoms with van der Waals surface area (Å²) in [5.41, 5.74) is 1.49. The molecule has 0 amide bonds. The lowest BCUT2D eigenvalue weighted by Gasteiger charge is -2.09. The first-order valence-corrected chi connectivity index (χ1v) is 7.54. The van der Waals surface area contributed by atoms with Gasteiger partial charge in [0.1, 0.15) is 18.0 Å². The fourth-order valence-electron chi connectivity index (χ4n) is 2.17. The standard InChI is InChI=1S/C18H14F2N4O2/c1-26-18(25)11-2-4-12(5-3-11)23-16-9-17(22-10-21-16)24-13-6-7-14(19)15(20)8-13/h2-10H,1H3,(H2,21,22,23,24). The number of nitrogens with one attached hydrogen (secondary N) is 2. The third kappa shape index (κ3) is 4.10. The molecule has 26 heavy (non-hydrogen) atoms. The van der Waals surface area contributed by atoms with E-state index in [9.17, 15) is 13.6 Å². The van der Waals surface area contributed by atoms with Crippen LogP contribution in [0, 0.1) is 11.6 Å². The van der Waals surface area contributed by atoms with Crippen LogP contribution in [0.15, 0.2) is 54.9 Å². The van der Waals surface area contributed by atoms with Crippen molar-refractivity contribution in [1.29, 1.82) is 0 Å². The molecule has 0 aliphatic carbocycles. The maximum Gasteiger partial charge on any atom is 0.337 e. The Labute approximate surface area is 147 Å². The largest absolute Gasteiger partial charge is 0.465 e. The summed E-state index contributed by atoms with van der Waals surface area (Å²) in [6, 6.07) is 11.7. The number of benzene rings is 2. The molecule has 1 aromatic heterocycles. The molecule has 0 aliphatic heterocycles. The normalized spacial score (nSPS) is 10.3. The van der Waals surface area contributed by atoms with E-state index in [1.54, 1.807) is 30.3 Å². The van der Waals surface area contributed by atoms with E-state index in [0.717, 1.165) is 12.1 Å². The molecule has 3 aromatic rings. The van der Waals surface area contributed by atoms with Crippen LogP contribution in [0.2, 0.25) is 0 Å². The Morgan fingerprint density at radius 1 is 0.885 bits per heavy atom. The molecule has 0 unspecified atom stereocenters. The van der Waals surface area contributed by atoms with E-state index in [-0.39, 0.29) is 0 Å². The Bertz CT molecular complexity index is 933. The zero-order valence-corrected chi connectivity index (χ0v) is 13.7. The number of methoxy groups -OCH3 is 1. The molecule has 3 rings (SSSR count). The van der Waals surface area contributed by atoms with Crippen molar-refractivity contribution in [2.75, 3.05) is 17.7 Å². The average Bonchev–Trinajstić information content (AvgIpc) is 2.65. The SMILES string of the molecule is COC(=O)c1ccc(Nc2cc(Nc3ccc(F)c(F)c3)ncn2)cc1. The third-order valence-electron chi connectivity index (χ3n) is 3.44. The highest BCUT2D eigenvalue weighted by Crippen LogP contribution is 2.21. The summed E-state index contributed by atoms with van der Waals surface area (Å²) < 4.78 is 30.9. The Balaban J connectivity index is 1.72. The second kappa shape index (κ2) is 7.56. The molecular formula is C18H14F2N4O2. The van der Waals surface area contributed by atoms with Crippen LogP contribution in [0.4, 0.5) is 31.8 Å². The minimum Gasteiger partial charge on any atom is -0.465 e. The highest BCUT2D eigenvalue weighted by Gasteiger charge is 2.06. The molecule has 0 aliphatic rings. The number of hydrogen-bond donors (Lipinski definition) is 2. The van der Waals surface area contributed by atoms with Gasteiger partial charge in [-0.1, -0.05) is 0 Å². The van der Waals surface area contributed by atoms with Gasteiger partial charge in [-0.2, -0.15) is 0 Å². The first-order chi connectivity index (χ1) is 12.5. The highest BCUT2D eigenvalue weighted by molar-refractivity contribution is 5.89. The van der Waals surface area contributed by atoms with Gasteiger partial charge in [0, 0.05) is 23.5 Å². The average molecular weight is 356 g/mol. The van der Waals surface area contributed by atoms with Crippen molar-refractivity contribution in [1.82, 2.24) is 9.97 Å². The second-order valence-electron chi connectivity index (χ2n) is 5.24. The Morgan fingerprint density at radius 2 is 1.50 bits per heavy atom. The second-order valence-corrected chi connectivity index (χ2v) is 5.24. The lowest BCUT2D eigenvalue weighted by molar-refractivity contribution is 0.0601. The third-order valence-corrected chi connectivity index (χ3v) is 3.44. The molecule has 2 N–H and O–H groups in total. The van der Waals surface area contributed by atoms with Crippen LogP contribution in [0.5, 0.6) is 0 Å². The van der Waals surface area contributed by atoms with Gasteiger partial charge in [-0.15, -0.1) is 0 Å². The number of carbonyl (C=O) groups is 1. The predicted octanol–water partition coefficient (Wildman–Crippen LogP) is 4.03. The Morgan fingerprint density at radius 3 is 2.12 bits per heavy atom. The van der Waals surface area contributed by atoms with Crippen molar-refractivity contribution in [3.8, 4) is 0 Å². The van der Waals surface area contributed by atoms with E-state index in [2.05, 4.69) is 25.3 Å². The first-order valence-electron chi connectivity index (χ1n) is 7.54. The highest BCUT2D eigenvalue weighted by atomic mass is 19.2. The van der Waals surface area contributed by atoms with E-state index in [0.29, 0.717) is 28.6 Å². The molecule has 0 fully saturated rings. The van der Waals surface area contributed by atoms with Gasteiger partial charge in [-0.05, 0) is 36.4 Å². The van der Waals surface area contributed by atoms with E-state index < -0.39 is 17.6 Å². The van der Waals surface area contributed by atoms with Crippen LogP contribution in [-0.4, -0.2) is 23.0 Å². The van der Waals surface area contributed by atoms with Gasteiger partial charge in [0.05, 0.1) is 12.7 Å². The number of aromatic nitrogens is 2. The number of ether oxygens (including phenoxy) is 1. The maximum atomic E-state index is 13.3. The van der Waals surface area contributed by atoms with Crippen molar-refractivity contribution in [3.05, 3.63) is 72.1 Å². The summed E-state index contributed by atoms with van der Waals surface area (Å²) in [4.78, 5) is 19.6. The molecule has 0 saturated carbocycles. The van der Waals surface area contributed by atoms with Gasteiger partial charge in [-0.3, -0.25) is 0 Å². The van der Waals surface area contributed by atoms with E-state index in [4.69, 9.17) is 0 Å². The van der Waals surface area contributed by atoms with Crippen LogP contribution < -0.4 is 10.6 Å². The molecule has 0 saturated heterocycles. The minimum atomic E-state index is -0.951. The fraction of sp³-hybridized carbons (Fsp3) is 0.0556. The van der Waals surface area contributed by atoms with Gasteiger partial charge < -0.3 is 15.4 Å². The first kappa shape index (κ1) is 17.3. The van der Waals surface area contributed by atoms with Gasteiger partial charge in [0.2, 0.25) is 0 Å². The molecule has 132 valence electrons. The van der Waals surface area contributed by atoms with Gasteiger partial charge in [0.15, 0.2) is 11.6 Å². The maximum absolute atomic E-state index is 13.3. The fourth-order valence-corrected chi connectivity index (χ4v) is 2.17. The molecule has 0 atom stereocenters. The van der Waals surface area contributed by atoms with Gasteiger partial charge >= 0.3 is 5.97 Å². The lowest BCUT2D eigenvalue weighted by atomic mass is 10.2. The number of nitrogens with zero attached hydrogens (tertiary/aromatic N) is 2. The summed E-state index contributed by atoms with van der Waals surface area (Å²) in [5.74, 6) is -1.41. The summed E-state index contributed by atoms with van der Waals surface area (Å²) in [6.45, 7) is 0. The zero-order chi connectivity index (χ0) is 18.5. The molecule has 6 nitrogen and oxygen atoms in total. The van der Waals surface area contributed by atoms with E-state index in [1.807, 2.05) is 0 Å². The summed E-state index contributed by atoms with van der Waals surface area (Å²) >= 11 is 0. The molecule has 0 radical (unpaired) electrons. The molecule has 2 aromatic carbocycles. The topological polar surface area (TPSA) is 76.1 Å². The number of halogens is 2. The zero-order valence-electron chi connectivity index (χ0n) is 13.7. The van der Waals surface area contributed by atoms with Crippen molar-refractivity contribution < 1.29 is 18.3 Å².